The first kappa shape index (κ1) is 18.9. The monoisotopic (exact) mass is 388 g/mol. The second-order valence-corrected chi connectivity index (χ2v) is 7.25. The summed E-state index contributed by atoms with van der Waals surface area (Å²) in [6, 6.07) is 16.0. The van der Waals surface area contributed by atoms with Gasteiger partial charge in [0.25, 0.3) is 0 Å². The molecule has 148 valence electrons. The van der Waals surface area contributed by atoms with Gasteiger partial charge in [0.2, 0.25) is 5.91 Å². The first-order chi connectivity index (χ1) is 14.1. The van der Waals surface area contributed by atoms with Crippen LogP contribution in [0.4, 0.5) is 0 Å². The Bertz CT molecular complexity index is 1100. The number of rotatable bonds is 7. The van der Waals surface area contributed by atoms with Gasteiger partial charge in [0, 0.05) is 24.0 Å². The number of nitrogens with one attached hydrogen (secondary N) is 1. The molecule has 0 fully saturated rings. The molecule has 6 heteroatoms. The van der Waals surface area contributed by atoms with Crippen LogP contribution in [0.15, 0.2) is 65.4 Å². The van der Waals surface area contributed by atoms with Crippen LogP contribution in [-0.4, -0.2) is 26.7 Å². The highest BCUT2D eigenvalue weighted by molar-refractivity contribution is 5.95. The lowest BCUT2D eigenvalue weighted by atomic mass is 10.0. The molecular weight excluding hydrogens is 364 g/mol. The van der Waals surface area contributed by atoms with E-state index in [0.717, 1.165) is 46.5 Å². The summed E-state index contributed by atoms with van der Waals surface area (Å²) >= 11 is 0. The highest BCUT2D eigenvalue weighted by atomic mass is 16.3. The van der Waals surface area contributed by atoms with Gasteiger partial charge in [-0.05, 0) is 49.6 Å². The predicted molar refractivity (Wildman–Crippen MR) is 112 cm³/mol. The second kappa shape index (κ2) is 8.31. The van der Waals surface area contributed by atoms with E-state index in [4.69, 9.17) is 4.42 Å². The van der Waals surface area contributed by atoms with Gasteiger partial charge < -0.3 is 9.73 Å². The van der Waals surface area contributed by atoms with Crippen LogP contribution in [0.3, 0.4) is 0 Å². The summed E-state index contributed by atoms with van der Waals surface area (Å²) in [6.07, 6.45) is 5.04. The van der Waals surface area contributed by atoms with Crippen LogP contribution in [0.5, 0.6) is 0 Å². The Hall–Kier alpha value is -3.41. The summed E-state index contributed by atoms with van der Waals surface area (Å²) in [5.74, 6) is 0.852. The van der Waals surface area contributed by atoms with Crippen LogP contribution in [0.2, 0.25) is 0 Å². The molecular formula is C23H24N4O2. The van der Waals surface area contributed by atoms with E-state index in [2.05, 4.69) is 27.5 Å². The molecule has 29 heavy (non-hydrogen) atoms. The number of furan rings is 1. The van der Waals surface area contributed by atoms with Gasteiger partial charge in [0.1, 0.15) is 12.3 Å². The van der Waals surface area contributed by atoms with E-state index >= 15 is 0 Å². The summed E-state index contributed by atoms with van der Waals surface area (Å²) in [5, 5.41) is 8.61. The fourth-order valence-corrected chi connectivity index (χ4v) is 3.59. The van der Waals surface area contributed by atoms with E-state index in [0.29, 0.717) is 0 Å². The maximum atomic E-state index is 12.6. The lowest BCUT2D eigenvalue weighted by molar-refractivity contribution is -0.122. The zero-order valence-corrected chi connectivity index (χ0v) is 16.6. The predicted octanol–water partition coefficient (Wildman–Crippen LogP) is 4.14. The Labute approximate surface area is 169 Å². The number of aromatic nitrogens is 3. The first-order valence-electron chi connectivity index (χ1n) is 9.81. The molecule has 1 N–H and O–H groups in total. The van der Waals surface area contributed by atoms with Crippen molar-refractivity contribution < 1.29 is 9.21 Å². The zero-order valence-electron chi connectivity index (χ0n) is 16.6. The molecule has 0 aliphatic heterocycles. The topological polar surface area (TPSA) is 73.0 Å². The van der Waals surface area contributed by atoms with Gasteiger partial charge >= 0.3 is 0 Å². The maximum Gasteiger partial charge on any atom is 0.242 e. The Morgan fingerprint density at radius 3 is 2.76 bits per heavy atom. The van der Waals surface area contributed by atoms with Crippen molar-refractivity contribution in [3.63, 3.8) is 0 Å². The number of nitrogens with zero attached hydrogens (tertiary/aromatic N) is 3. The van der Waals surface area contributed by atoms with Crippen molar-refractivity contribution in [2.75, 3.05) is 0 Å². The largest absolute Gasteiger partial charge is 0.469 e. The summed E-state index contributed by atoms with van der Waals surface area (Å²) in [6.45, 7) is 4.09. The molecule has 3 heterocycles. The normalized spacial score (nSPS) is 12.2. The minimum atomic E-state index is -0.0757. The van der Waals surface area contributed by atoms with E-state index in [1.165, 1.54) is 0 Å². The number of carbonyl (C=O) groups is 1. The Morgan fingerprint density at radius 2 is 2.00 bits per heavy atom. The molecule has 1 atom stereocenters. The molecule has 0 aliphatic rings. The molecule has 0 saturated carbocycles. The molecule has 0 aliphatic carbocycles. The zero-order chi connectivity index (χ0) is 20.2. The van der Waals surface area contributed by atoms with Crippen molar-refractivity contribution in [3.05, 3.63) is 72.4 Å². The van der Waals surface area contributed by atoms with Gasteiger partial charge in [-0.2, -0.15) is 5.10 Å². The molecule has 0 bridgehead atoms. The minimum absolute atomic E-state index is 0.0448. The summed E-state index contributed by atoms with van der Waals surface area (Å²) in [4.78, 5) is 17.1. The van der Waals surface area contributed by atoms with Crippen LogP contribution in [0.1, 0.15) is 24.8 Å². The third-order valence-corrected chi connectivity index (χ3v) is 5.00. The molecule has 4 aromatic rings. The molecule has 1 unspecified atom stereocenters. The van der Waals surface area contributed by atoms with Gasteiger partial charge in [0.15, 0.2) is 5.65 Å². The average Bonchev–Trinajstić information content (AvgIpc) is 3.35. The van der Waals surface area contributed by atoms with E-state index in [1.54, 1.807) is 17.1 Å². The van der Waals surface area contributed by atoms with Crippen molar-refractivity contribution >= 4 is 16.9 Å². The average molecular weight is 388 g/mol. The van der Waals surface area contributed by atoms with E-state index < -0.39 is 0 Å². The SMILES string of the molecule is Cc1nn(CC(=O)NC(C)CCc2ccco2)c2nccc(-c3ccccc3)c12. The van der Waals surface area contributed by atoms with Crippen molar-refractivity contribution in [1.82, 2.24) is 20.1 Å². The lowest BCUT2D eigenvalue weighted by Gasteiger charge is -2.13. The van der Waals surface area contributed by atoms with Gasteiger partial charge in [-0.25, -0.2) is 9.67 Å². The molecule has 4 rings (SSSR count). The van der Waals surface area contributed by atoms with E-state index in [9.17, 15) is 4.79 Å². The molecule has 3 aromatic heterocycles. The van der Waals surface area contributed by atoms with E-state index in [-0.39, 0.29) is 18.5 Å². The molecule has 1 amide bonds. The van der Waals surface area contributed by atoms with Crippen LogP contribution in [0.25, 0.3) is 22.2 Å². The van der Waals surface area contributed by atoms with Crippen LogP contribution >= 0.6 is 0 Å². The number of hydrogen-bond acceptors (Lipinski definition) is 4. The Kier molecular flexibility index (Phi) is 5.42. The number of pyridine rings is 1. The van der Waals surface area contributed by atoms with Gasteiger partial charge in [-0.3, -0.25) is 4.79 Å². The van der Waals surface area contributed by atoms with Crippen molar-refractivity contribution in [2.24, 2.45) is 0 Å². The van der Waals surface area contributed by atoms with Gasteiger partial charge in [0.05, 0.1) is 12.0 Å². The maximum absolute atomic E-state index is 12.6. The third-order valence-electron chi connectivity index (χ3n) is 5.00. The fourth-order valence-electron chi connectivity index (χ4n) is 3.59. The fraction of sp³-hybridized carbons (Fsp3) is 0.261. The van der Waals surface area contributed by atoms with Crippen molar-refractivity contribution in [2.45, 2.75) is 39.3 Å². The third kappa shape index (κ3) is 4.21. The van der Waals surface area contributed by atoms with Gasteiger partial charge in [-0.15, -0.1) is 0 Å². The van der Waals surface area contributed by atoms with Crippen molar-refractivity contribution in [1.29, 1.82) is 0 Å². The number of benzene rings is 1. The number of carbonyl (C=O) groups excluding carboxylic acids is 1. The summed E-state index contributed by atoms with van der Waals surface area (Å²) in [5.41, 5.74) is 3.78. The number of hydrogen-bond donors (Lipinski definition) is 1. The number of fused-ring (bicyclic) bond motifs is 1. The van der Waals surface area contributed by atoms with Crippen LogP contribution < -0.4 is 5.32 Å². The van der Waals surface area contributed by atoms with Crippen LogP contribution in [-0.2, 0) is 17.8 Å². The molecule has 0 radical (unpaired) electrons. The second-order valence-electron chi connectivity index (χ2n) is 7.25. The van der Waals surface area contributed by atoms with E-state index in [1.807, 2.05) is 50.2 Å². The Balaban J connectivity index is 1.49. The number of aryl methyl sites for hydroxylation is 2. The van der Waals surface area contributed by atoms with Gasteiger partial charge in [-0.1, -0.05) is 30.3 Å². The summed E-state index contributed by atoms with van der Waals surface area (Å²) in [7, 11) is 0. The number of amides is 1. The lowest BCUT2D eigenvalue weighted by Crippen LogP contribution is -2.35. The molecule has 0 saturated heterocycles. The highest BCUT2D eigenvalue weighted by Crippen LogP contribution is 2.29. The summed E-state index contributed by atoms with van der Waals surface area (Å²) < 4.78 is 7.03. The molecule has 0 spiro atoms. The Morgan fingerprint density at radius 1 is 1.17 bits per heavy atom. The standard InChI is InChI=1S/C23H24N4O2/c1-16(10-11-19-9-6-14-29-19)25-21(28)15-27-23-22(17(2)26-27)20(12-13-24-23)18-7-4-3-5-8-18/h3-9,12-14,16H,10-11,15H2,1-2H3,(H,25,28). The highest BCUT2D eigenvalue weighted by Gasteiger charge is 2.16. The van der Waals surface area contributed by atoms with Crippen molar-refractivity contribution in [3.8, 4) is 11.1 Å². The molecule has 1 aromatic carbocycles. The minimum Gasteiger partial charge on any atom is -0.469 e. The smallest absolute Gasteiger partial charge is 0.242 e. The first-order valence-corrected chi connectivity index (χ1v) is 9.81. The van der Waals surface area contributed by atoms with Crippen LogP contribution in [0, 0.1) is 6.92 Å². The quantitative estimate of drug-likeness (QED) is 0.516. The molecule has 6 nitrogen and oxygen atoms in total.